The van der Waals surface area contributed by atoms with Gasteiger partial charge in [0.25, 0.3) is 0 Å². The number of hydrogen-bond donors (Lipinski definition) is 1. The van der Waals surface area contributed by atoms with Crippen LogP contribution in [-0.4, -0.2) is 43.3 Å². The van der Waals surface area contributed by atoms with Crippen LogP contribution in [0.25, 0.3) is 0 Å². The molecule has 0 saturated carbocycles. The van der Waals surface area contributed by atoms with E-state index < -0.39 is 0 Å². The average molecular weight is 303 g/mol. The minimum Gasteiger partial charge on any atom is -0.383 e. The summed E-state index contributed by atoms with van der Waals surface area (Å²) in [6.07, 6.45) is 1.56. The second-order valence-electron chi connectivity index (χ2n) is 3.89. The zero-order chi connectivity index (χ0) is 12.8. The molecule has 0 bridgehead atoms. The molecule has 0 aromatic carbocycles. The van der Waals surface area contributed by atoms with Crippen molar-refractivity contribution in [3.05, 3.63) is 10.8 Å². The fourth-order valence-electron chi connectivity index (χ4n) is 1.53. The van der Waals surface area contributed by atoms with Crippen molar-refractivity contribution >= 4 is 27.6 Å². The number of nitrogens with zero attached hydrogens (tertiary/aromatic N) is 3. The van der Waals surface area contributed by atoms with E-state index in [-0.39, 0.29) is 0 Å². The number of ether oxygens (including phenoxy) is 1. The van der Waals surface area contributed by atoms with Crippen molar-refractivity contribution in [3.63, 3.8) is 0 Å². The maximum Gasteiger partial charge on any atom is 0.148 e. The topological polar surface area (TPSA) is 50.3 Å². The molecule has 6 heteroatoms. The maximum atomic E-state index is 5.12. The number of anilines is 2. The number of halogens is 1. The van der Waals surface area contributed by atoms with E-state index in [4.69, 9.17) is 4.74 Å². The Labute approximate surface area is 111 Å². The Morgan fingerprint density at radius 1 is 1.47 bits per heavy atom. The number of hydrogen-bond acceptors (Lipinski definition) is 5. The summed E-state index contributed by atoms with van der Waals surface area (Å²) in [5.41, 5.74) is 0. The van der Waals surface area contributed by atoms with Crippen LogP contribution in [0.4, 0.5) is 11.6 Å². The second kappa shape index (κ2) is 6.76. The summed E-state index contributed by atoms with van der Waals surface area (Å²) in [4.78, 5) is 10.7. The van der Waals surface area contributed by atoms with Gasteiger partial charge in [-0.15, -0.1) is 0 Å². The normalized spacial score (nSPS) is 10.7. The molecule has 96 valence electrons. The molecule has 0 saturated heterocycles. The van der Waals surface area contributed by atoms with Gasteiger partial charge in [0, 0.05) is 26.7 Å². The standard InChI is InChI=1S/C11H19BrN4O/c1-8(2)16(5-6-17-4)11-9(12)10(13-3)14-7-15-11/h7-8H,5-6H2,1-4H3,(H,13,14,15). The Kier molecular flexibility index (Phi) is 5.64. The van der Waals surface area contributed by atoms with Gasteiger partial charge in [-0.1, -0.05) is 0 Å². The Hall–Kier alpha value is -0.880. The SMILES string of the molecule is CNc1ncnc(N(CCOC)C(C)C)c1Br. The van der Waals surface area contributed by atoms with Crippen molar-refractivity contribution in [2.75, 3.05) is 37.5 Å². The first-order valence-electron chi connectivity index (χ1n) is 5.55. The fourth-order valence-corrected chi connectivity index (χ4v) is 2.16. The maximum absolute atomic E-state index is 5.12. The lowest BCUT2D eigenvalue weighted by atomic mass is 10.3. The average Bonchev–Trinajstić information content (AvgIpc) is 2.31. The Morgan fingerprint density at radius 3 is 2.71 bits per heavy atom. The van der Waals surface area contributed by atoms with Gasteiger partial charge in [-0.25, -0.2) is 9.97 Å². The third-order valence-electron chi connectivity index (χ3n) is 2.44. The third-order valence-corrected chi connectivity index (χ3v) is 3.17. The van der Waals surface area contributed by atoms with Crippen LogP contribution in [0, 0.1) is 0 Å². The van der Waals surface area contributed by atoms with Crippen molar-refractivity contribution in [1.29, 1.82) is 0 Å². The van der Waals surface area contributed by atoms with Crippen LogP contribution in [0.5, 0.6) is 0 Å². The molecule has 5 nitrogen and oxygen atoms in total. The Bertz CT molecular complexity index is 359. The van der Waals surface area contributed by atoms with Gasteiger partial charge >= 0.3 is 0 Å². The third kappa shape index (κ3) is 3.54. The highest BCUT2D eigenvalue weighted by Gasteiger charge is 2.17. The molecule has 0 aliphatic carbocycles. The molecule has 1 N–H and O–H groups in total. The molecule has 0 spiro atoms. The van der Waals surface area contributed by atoms with Gasteiger partial charge in [-0.3, -0.25) is 0 Å². The minimum absolute atomic E-state index is 0.348. The molecule has 0 amide bonds. The summed E-state index contributed by atoms with van der Waals surface area (Å²) in [5, 5.41) is 3.03. The first-order valence-corrected chi connectivity index (χ1v) is 6.35. The van der Waals surface area contributed by atoms with E-state index in [0.717, 1.165) is 22.7 Å². The molecule has 1 aromatic heterocycles. The van der Waals surface area contributed by atoms with Crippen LogP contribution in [0.2, 0.25) is 0 Å². The van der Waals surface area contributed by atoms with Crippen LogP contribution in [0.1, 0.15) is 13.8 Å². The lowest BCUT2D eigenvalue weighted by Crippen LogP contribution is -2.35. The fraction of sp³-hybridized carbons (Fsp3) is 0.636. The highest BCUT2D eigenvalue weighted by molar-refractivity contribution is 9.10. The van der Waals surface area contributed by atoms with E-state index in [1.54, 1.807) is 13.4 Å². The first-order chi connectivity index (χ1) is 8.11. The van der Waals surface area contributed by atoms with E-state index in [9.17, 15) is 0 Å². The van der Waals surface area contributed by atoms with Gasteiger partial charge in [0.2, 0.25) is 0 Å². The molecule has 1 aromatic rings. The van der Waals surface area contributed by atoms with Crippen molar-refractivity contribution < 1.29 is 4.74 Å². The van der Waals surface area contributed by atoms with Crippen LogP contribution in [0.15, 0.2) is 10.8 Å². The van der Waals surface area contributed by atoms with Gasteiger partial charge < -0.3 is 15.0 Å². The summed E-state index contributed by atoms with van der Waals surface area (Å²) in [6.45, 7) is 5.73. The molecule has 0 aliphatic heterocycles. The molecule has 17 heavy (non-hydrogen) atoms. The van der Waals surface area contributed by atoms with Crippen molar-refractivity contribution in [3.8, 4) is 0 Å². The van der Waals surface area contributed by atoms with E-state index in [2.05, 4.69) is 50.0 Å². The van der Waals surface area contributed by atoms with Gasteiger partial charge in [-0.05, 0) is 29.8 Å². The monoisotopic (exact) mass is 302 g/mol. The van der Waals surface area contributed by atoms with E-state index in [1.807, 2.05) is 7.05 Å². The minimum atomic E-state index is 0.348. The lowest BCUT2D eigenvalue weighted by molar-refractivity contribution is 0.203. The van der Waals surface area contributed by atoms with Gasteiger partial charge in [0.1, 0.15) is 22.4 Å². The molecule has 0 unspecified atom stereocenters. The Balaban J connectivity index is 3.01. The highest BCUT2D eigenvalue weighted by Crippen LogP contribution is 2.29. The molecule has 0 fully saturated rings. The Morgan fingerprint density at radius 2 is 2.18 bits per heavy atom. The smallest absolute Gasteiger partial charge is 0.148 e. The van der Waals surface area contributed by atoms with E-state index >= 15 is 0 Å². The van der Waals surface area contributed by atoms with Crippen LogP contribution in [0.3, 0.4) is 0 Å². The molecular formula is C11H19BrN4O. The molecule has 1 heterocycles. The predicted octanol–water partition coefficient (Wildman–Crippen LogP) is 2.14. The molecular weight excluding hydrogens is 284 g/mol. The number of methoxy groups -OCH3 is 1. The largest absolute Gasteiger partial charge is 0.383 e. The predicted molar refractivity (Wildman–Crippen MR) is 73.6 cm³/mol. The summed E-state index contributed by atoms with van der Waals surface area (Å²) in [6, 6.07) is 0.348. The zero-order valence-electron chi connectivity index (χ0n) is 10.7. The van der Waals surface area contributed by atoms with Gasteiger partial charge in [0.05, 0.1) is 6.61 Å². The molecule has 0 atom stereocenters. The summed E-state index contributed by atoms with van der Waals surface area (Å²) < 4.78 is 6.01. The van der Waals surface area contributed by atoms with Crippen molar-refractivity contribution in [2.45, 2.75) is 19.9 Å². The molecule has 1 rings (SSSR count). The number of nitrogens with one attached hydrogen (secondary N) is 1. The quantitative estimate of drug-likeness (QED) is 0.872. The summed E-state index contributed by atoms with van der Waals surface area (Å²) in [7, 11) is 3.54. The number of aromatic nitrogens is 2. The second-order valence-corrected chi connectivity index (χ2v) is 4.68. The van der Waals surface area contributed by atoms with Gasteiger partial charge in [-0.2, -0.15) is 0 Å². The molecule has 0 radical (unpaired) electrons. The summed E-state index contributed by atoms with van der Waals surface area (Å²) >= 11 is 3.53. The molecule has 0 aliphatic rings. The number of rotatable bonds is 6. The van der Waals surface area contributed by atoms with Crippen LogP contribution < -0.4 is 10.2 Å². The van der Waals surface area contributed by atoms with Crippen LogP contribution >= 0.6 is 15.9 Å². The van der Waals surface area contributed by atoms with E-state index in [1.165, 1.54) is 0 Å². The van der Waals surface area contributed by atoms with Crippen molar-refractivity contribution in [1.82, 2.24) is 9.97 Å². The zero-order valence-corrected chi connectivity index (χ0v) is 12.3. The first kappa shape index (κ1) is 14.2. The van der Waals surface area contributed by atoms with Gasteiger partial charge in [0.15, 0.2) is 0 Å². The van der Waals surface area contributed by atoms with Crippen molar-refractivity contribution in [2.24, 2.45) is 0 Å². The van der Waals surface area contributed by atoms with Crippen LogP contribution in [-0.2, 0) is 4.74 Å². The van der Waals surface area contributed by atoms with E-state index in [0.29, 0.717) is 12.6 Å². The summed E-state index contributed by atoms with van der Waals surface area (Å²) in [5.74, 6) is 1.68. The highest BCUT2D eigenvalue weighted by atomic mass is 79.9. The lowest BCUT2D eigenvalue weighted by Gasteiger charge is -2.28.